The van der Waals surface area contributed by atoms with Gasteiger partial charge in [-0.2, -0.15) is 0 Å². The van der Waals surface area contributed by atoms with Crippen molar-refractivity contribution in [2.24, 2.45) is 29.1 Å². The van der Waals surface area contributed by atoms with Crippen LogP contribution in [0.25, 0.3) is 0 Å². The van der Waals surface area contributed by atoms with E-state index in [1.807, 2.05) is 0 Å². The van der Waals surface area contributed by atoms with Gasteiger partial charge >= 0.3 is 11.9 Å². The predicted octanol–water partition coefficient (Wildman–Crippen LogP) is 3.56. The Bertz CT molecular complexity index is 723. The summed E-state index contributed by atoms with van der Waals surface area (Å²) in [7, 11) is 0. The van der Waals surface area contributed by atoms with Gasteiger partial charge in [0.05, 0.1) is 0 Å². The minimum absolute atomic E-state index is 0.0224. The number of hydrogen-bond donors (Lipinski definition) is 1. The third kappa shape index (κ3) is 3.22. The summed E-state index contributed by atoms with van der Waals surface area (Å²) in [6.07, 6.45) is 10.0. The highest BCUT2D eigenvalue weighted by molar-refractivity contribution is 5.67. The van der Waals surface area contributed by atoms with Gasteiger partial charge in [0.2, 0.25) is 0 Å². The fraction of sp³-hybridized carbons (Fsp3) is 0.739. The van der Waals surface area contributed by atoms with Gasteiger partial charge in [0.15, 0.2) is 0 Å². The summed E-state index contributed by atoms with van der Waals surface area (Å²) >= 11 is 0. The largest absolute Gasteiger partial charge is 0.462 e. The van der Waals surface area contributed by atoms with Crippen LogP contribution in [-0.4, -0.2) is 35.9 Å². The Morgan fingerprint density at radius 3 is 2.57 bits per heavy atom. The first-order valence-electron chi connectivity index (χ1n) is 10.7. The second-order valence-electron chi connectivity index (χ2n) is 9.38. The molecular weight excluding hydrogens is 356 g/mol. The lowest BCUT2D eigenvalue weighted by molar-refractivity contribution is -0.155. The Labute approximate surface area is 167 Å². The molecule has 3 fully saturated rings. The van der Waals surface area contributed by atoms with E-state index in [1.54, 1.807) is 0 Å². The van der Waals surface area contributed by atoms with Crippen LogP contribution in [0.15, 0.2) is 23.3 Å². The molecule has 0 radical (unpaired) electrons. The van der Waals surface area contributed by atoms with E-state index in [2.05, 4.69) is 19.1 Å². The van der Waals surface area contributed by atoms with Gasteiger partial charge in [-0.1, -0.05) is 13.0 Å². The summed E-state index contributed by atoms with van der Waals surface area (Å²) in [5, 5.41) is 10.1. The maximum atomic E-state index is 11.6. The molecule has 154 valence electrons. The van der Waals surface area contributed by atoms with Crippen LogP contribution in [0.4, 0.5) is 0 Å². The normalized spacial score (nSPS) is 41.7. The maximum Gasteiger partial charge on any atom is 0.303 e. The van der Waals surface area contributed by atoms with Crippen LogP contribution in [0.5, 0.6) is 0 Å². The number of fused-ring (bicyclic) bond motifs is 5. The summed E-state index contributed by atoms with van der Waals surface area (Å²) in [5.41, 5.74) is 2.61. The van der Waals surface area contributed by atoms with Gasteiger partial charge in [-0.3, -0.25) is 9.59 Å². The minimum atomic E-state index is -0.260. The highest BCUT2D eigenvalue weighted by atomic mass is 16.5. The maximum absolute atomic E-state index is 11.6. The zero-order valence-electron chi connectivity index (χ0n) is 17.1. The van der Waals surface area contributed by atoms with Crippen molar-refractivity contribution in [2.75, 3.05) is 6.61 Å². The number of carbonyl (C=O) groups is 2. The van der Waals surface area contributed by atoms with Gasteiger partial charge in [0, 0.05) is 38.2 Å². The zero-order chi connectivity index (χ0) is 20.1. The molecule has 0 bridgehead atoms. The lowest BCUT2D eigenvalue weighted by atomic mass is 9.52. The summed E-state index contributed by atoms with van der Waals surface area (Å²) in [4.78, 5) is 22.9. The number of rotatable bonds is 3. The number of esters is 2. The van der Waals surface area contributed by atoms with Crippen molar-refractivity contribution in [1.82, 2.24) is 0 Å². The SMILES string of the molecule is CC(=O)OC1C=C2C(=CC1)[C@H]1CC[C@]3(C)C(OC(C)=O)CCC3[C@@H]1C[C@H]2CO. The monoisotopic (exact) mass is 388 g/mol. The summed E-state index contributed by atoms with van der Waals surface area (Å²) in [6, 6.07) is 0. The molecule has 0 aromatic heterocycles. The number of ether oxygens (including phenoxy) is 2. The molecule has 1 N–H and O–H groups in total. The molecule has 0 heterocycles. The van der Waals surface area contributed by atoms with E-state index in [4.69, 9.17) is 9.47 Å². The molecule has 5 heteroatoms. The standard InChI is InChI=1S/C23H32O5/c1-13(25)27-16-4-5-17-18-8-9-23(3)21(6-7-22(23)28-14(2)26)20(18)10-15(12-24)19(17)11-16/h5,11,15-16,18,20-22,24H,4,6-10,12H2,1-3H3/t15-,16?,18+,20+,21?,22?,23-/m0/s1. The van der Waals surface area contributed by atoms with Crippen LogP contribution in [-0.2, 0) is 19.1 Å². The average molecular weight is 389 g/mol. The van der Waals surface area contributed by atoms with Crippen LogP contribution in [0.1, 0.15) is 59.3 Å². The molecular formula is C23H32O5. The van der Waals surface area contributed by atoms with Gasteiger partial charge in [-0.05, 0) is 67.1 Å². The molecule has 7 atom stereocenters. The molecule has 0 spiro atoms. The van der Waals surface area contributed by atoms with Crippen LogP contribution < -0.4 is 0 Å². The molecule has 0 aliphatic heterocycles. The van der Waals surface area contributed by atoms with Gasteiger partial charge in [0.25, 0.3) is 0 Å². The first-order valence-corrected chi connectivity index (χ1v) is 10.7. The molecule has 0 aromatic rings. The Balaban J connectivity index is 1.60. The molecule has 0 amide bonds. The van der Waals surface area contributed by atoms with Crippen LogP contribution in [0, 0.1) is 29.1 Å². The van der Waals surface area contributed by atoms with Crippen molar-refractivity contribution in [1.29, 1.82) is 0 Å². The highest BCUT2D eigenvalue weighted by Crippen LogP contribution is 2.62. The van der Waals surface area contributed by atoms with E-state index >= 15 is 0 Å². The first kappa shape index (κ1) is 19.7. The van der Waals surface area contributed by atoms with Crippen molar-refractivity contribution in [3.8, 4) is 0 Å². The molecule has 3 unspecified atom stereocenters. The predicted molar refractivity (Wildman–Crippen MR) is 104 cm³/mol. The van der Waals surface area contributed by atoms with Crippen molar-refractivity contribution in [3.05, 3.63) is 23.3 Å². The Hall–Kier alpha value is -1.62. The second kappa shape index (κ2) is 7.33. The van der Waals surface area contributed by atoms with E-state index in [-0.39, 0.29) is 42.1 Å². The number of aliphatic hydroxyl groups is 1. The van der Waals surface area contributed by atoms with Crippen molar-refractivity contribution in [3.63, 3.8) is 0 Å². The van der Waals surface area contributed by atoms with Crippen molar-refractivity contribution in [2.45, 2.75) is 71.5 Å². The Morgan fingerprint density at radius 1 is 1.14 bits per heavy atom. The fourth-order valence-corrected chi connectivity index (χ4v) is 6.73. The number of aliphatic hydroxyl groups excluding tert-OH is 1. The highest BCUT2D eigenvalue weighted by Gasteiger charge is 2.57. The molecule has 5 nitrogen and oxygen atoms in total. The lowest BCUT2D eigenvalue weighted by Gasteiger charge is -2.53. The molecule has 4 aliphatic rings. The van der Waals surface area contributed by atoms with Crippen molar-refractivity contribution < 1.29 is 24.2 Å². The molecule has 0 saturated heterocycles. The smallest absolute Gasteiger partial charge is 0.303 e. The zero-order valence-corrected chi connectivity index (χ0v) is 17.1. The van der Waals surface area contributed by atoms with E-state index in [1.165, 1.54) is 25.0 Å². The first-order chi connectivity index (χ1) is 13.3. The van der Waals surface area contributed by atoms with Crippen molar-refractivity contribution >= 4 is 11.9 Å². The molecule has 28 heavy (non-hydrogen) atoms. The topological polar surface area (TPSA) is 72.8 Å². The van der Waals surface area contributed by atoms with Gasteiger partial charge < -0.3 is 14.6 Å². The quantitative estimate of drug-likeness (QED) is 0.749. The Morgan fingerprint density at radius 2 is 1.89 bits per heavy atom. The van der Waals surface area contributed by atoms with Crippen LogP contribution in [0.2, 0.25) is 0 Å². The number of carbonyl (C=O) groups excluding carboxylic acids is 2. The summed E-state index contributed by atoms with van der Waals surface area (Å²) in [6.45, 7) is 5.38. The molecule has 3 saturated carbocycles. The fourth-order valence-electron chi connectivity index (χ4n) is 6.73. The number of hydrogen-bond acceptors (Lipinski definition) is 5. The molecule has 4 aliphatic carbocycles. The summed E-state index contributed by atoms with van der Waals surface area (Å²) < 4.78 is 11.1. The van der Waals surface area contributed by atoms with Crippen LogP contribution >= 0.6 is 0 Å². The lowest BCUT2D eigenvalue weighted by Crippen LogP contribution is -2.48. The van der Waals surface area contributed by atoms with Gasteiger partial charge in [-0.25, -0.2) is 0 Å². The third-order valence-electron chi connectivity index (χ3n) is 7.86. The van der Waals surface area contributed by atoms with E-state index in [0.717, 1.165) is 38.5 Å². The average Bonchev–Trinajstić information content (AvgIpc) is 2.96. The van der Waals surface area contributed by atoms with Gasteiger partial charge in [-0.15, -0.1) is 0 Å². The second-order valence-corrected chi connectivity index (χ2v) is 9.38. The van der Waals surface area contributed by atoms with E-state index < -0.39 is 0 Å². The molecule has 4 rings (SSSR count). The number of allylic oxidation sites excluding steroid dienone is 1. The van der Waals surface area contributed by atoms with Gasteiger partial charge in [0.1, 0.15) is 12.2 Å². The third-order valence-corrected chi connectivity index (χ3v) is 7.86. The van der Waals surface area contributed by atoms with Crippen LogP contribution in [0.3, 0.4) is 0 Å². The minimum Gasteiger partial charge on any atom is -0.462 e. The van der Waals surface area contributed by atoms with E-state index in [9.17, 15) is 14.7 Å². The molecule has 0 aromatic carbocycles. The van der Waals surface area contributed by atoms with E-state index in [0.29, 0.717) is 17.8 Å². The Kier molecular flexibility index (Phi) is 5.15. The summed E-state index contributed by atoms with van der Waals surface area (Å²) in [5.74, 6) is 1.21.